The molecule has 0 aromatic heterocycles. The maximum Gasteiger partial charge on any atom is 0.573 e. The van der Waals surface area contributed by atoms with E-state index in [4.69, 9.17) is 14.2 Å². The smallest absolute Gasteiger partial charge is 0.464 e. The first-order chi connectivity index (χ1) is 18.8. The number of aryl methyl sites for hydroxylation is 1. The van der Waals surface area contributed by atoms with Gasteiger partial charge >= 0.3 is 24.3 Å². The van der Waals surface area contributed by atoms with E-state index in [1.165, 1.54) is 12.1 Å². The van der Waals surface area contributed by atoms with Crippen molar-refractivity contribution in [1.29, 1.82) is 0 Å². The molecular weight excluding hydrogens is 539 g/mol. The number of carbonyl (C=O) groups excluding carboxylic acids is 5. The molecule has 216 valence electrons. The summed E-state index contributed by atoms with van der Waals surface area (Å²) in [6.45, 7) is 3.57. The molecule has 0 bridgehead atoms. The minimum Gasteiger partial charge on any atom is -0.464 e. The lowest BCUT2D eigenvalue weighted by molar-refractivity contribution is -0.274. The van der Waals surface area contributed by atoms with Gasteiger partial charge in [-0.2, -0.15) is 0 Å². The molecule has 13 heteroatoms. The molecule has 40 heavy (non-hydrogen) atoms. The lowest BCUT2D eigenvalue weighted by Crippen LogP contribution is -2.61. The van der Waals surface area contributed by atoms with Crippen molar-refractivity contribution in [3.05, 3.63) is 65.2 Å². The van der Waals surface area contributed by atoms with Gasteiger partial charge in [0.15, 0.2) is 12.4 Å². The van der Waals surface area contributed by atoms with Crippen LogP contribution in [0.3, 0.4) is 0 Å². The Morgan fingerprint density at radius 2 is 1.30 bits per heavy atom. The second-order valence-electron chi connectivity index (χ2n) is 8.30. The lowest BCUT2D eigenvalue weighted by Gasteiger charge is -2.29. The molecule has 1 N–H and O–H groups in total. The van der Waals surface area contributed by atoms with Crippen molar-refractivity contribution in [3.63, 3.8) is 0 Å². The zero-order valence-corrected chi connectivity index (χ0v) is 22.0. The highest BCUT2D eigenvalue weighted by Gasteiger charge is 2.49. The molecule has 0 fully saturated rings. The second kappa shape index (κ2) is 14.1. The fraction of sp³-hybridized carbons (Fsp3) is 0.370. The summed E-state index contributed by atoms with van der Waals surface area (Å²) < 4.78 is 55.5. The van der Waals surface area contributed by atoms with E-state index >= 15 is 0 Å². The summed E-state index contributed by atoms with van der Waals surface area (Å²) in [6, 6.07) is 10.0. The van der Waals surface area contributed by atoms with E-state index in [1.807, 2.05) is 0 Å². The number of ether oxygens (including phenoxy) is 4. The third-order valence-electron chi connectivity index (χ3n) is 5.36. The predicted octanol–water partition coefficient (Wildman–Crippen LogP) is 3.56. The number of ketones is 1. The van der Waals surface area contributed by atoms with Gasteiger partial charge in [0.05, 0.1) is 18.8 Å². The molecule has 0 atom stereocenters. The van der Waals surface area contributed by atoms with E-state index < -0.39 is 53.9 Å². The van der Waals surface area contributed by atoms with Crippen molar-refractivity contribution in [2.45, 2.75) is 45.5 Å². The minimum absolute atomic E-state index is 0.0290. The molecule has 2 aromatic rings. The van der Waals surface area contributed by atoms with Crippen LogP contribution in [0.4, 0.5) is 13.2 Å². The number of nitrogens with one attached hydrogen (secondary N) is 1. The maximum absolute atomic E-state index is 12.7. The molecule has 0 heterocycles. The van der Waals surface area contributed by atoms with Crippen LogP contribution in [0.2, 0.25) is 0 Å². The Bertz CT molecular complexity index is 1190. The maximum atomic E-state index is 12.7. The van der Waals surface area contributed by atoms with Gasteiger partial charge in [-0.05, 0) is 56.5 Å². The molecule has 0 aliphatic carbocycles. The first-order valence-corrected chi connectivity index (χ1v) is 12.1. The zero-order valence-electron chi connectivity index (χ0n) is 22.0. The zero-order chi connectivity index (χ0) is 29.9. The molecule has 1 amide bonds. The van der Waals surface area contributed by atoms with Crippen molar-refractivity contribution in [2.24, 2.45) is 0 Å². The standard InChI is InChI=1S/C27H28F3NO9/c1-4-37-24(35)26(31-17(3)32,25(36)38-5-2)15-14-18-6-8-19(9-7-18)22(33)16-39-23(34)20-10-12-21(13-11-20)40-27(28,29)30/h6-13H,4-5,14-16H2,1-3H3,(H,31,32). The Labute approximate surface area is 227 Å². The molecule has 0 aliphatic heterocycles. The van der Waals surface area contributed by atoms with Crippen LogP contribution in [0, 0.1) is 0 Å². The Morgan fingerprint density at radius 3 is 1.77 bits per heavy atom. The fourth-order valence-corrected chi connectivity index (χ4v) is 3.54. The molecule has 0 spiro atoms. The molecule has 0 unspecified atom stereocenters. The molecule has 0 aliphatic rings. The normalized spacial score (nSPS) is 11.2. The summed E-state index contributed by atoms with van der Waals surface area (Å²) in [7, 11) is 0. The average Bonchev–Trinajstić information content (AvgIpc) is 2.89. The van der Waals surface area contributed by atoms with Crippen molar-refractivity contribution in [1.82, 2.24) is 5.32 Å². The molecule has 2 aromatic carbocycles. The summed E-state index contributed by atoms with van der Waals surface area (Å²) in [6.07, 6.45) is -4.93. The van der Waals surface area contributed by atoms with Crippen LogP contribution in [-0.2, 0) is 35.0 Å². The number of hydrogen-bond donors (Lipinski definition) is 1. The first kappa shape index (κ1) is 31.8. The van der Waals surface area contributed by atoms with E-state index in [0.717, 1.165) is 31.2 Å². The highest BCUT2D eigenvalue weighted by Crippen LogP contribution is 2.23. The van der Waals surface area contributed by atoms with Gasteiger partial charge in [0, 0.05) is 12.5 Å². The van der Waals surface area contributed by atoms with Crippen LogP contribution >= 0.6 is 0 Å². The van der Waals surface area contributed by atoms with Gasteiger partial charge in [0.2, 0.25) is 11.4 Å². The molecule has 0 saturated carbocycles. The quantitative estimate of drug-likeness (QED) is 0.167. The Hall–Kier alpha value is -4.42. The number of hydrogen-bond acceptors (Lipinski definition) is 9. The SMILES string of the molecule is CCOC(=O)C(CCc1ccc(C(=O)COC(=O)c2ccc(OC(F)(F)F)cc2)cc1)(NC(C)=O)C(=O)OCC. The van der Waals surface area contributed by atoms with Gasteiger partial charge in [-0.1, -0.05) is 24.3 Å². The Balaban J connectivity index is 2.04. The topological polar surface area (TPSA) is 134 Å². The highest BCUT2D eigenvalue weighted by atomic mass is 19.4. The third-order valence-corrected chi connectivity index (χ3v) is 5.36. The van der Waals surface area contributed by atoms with Crippen molar-refractivity contribution >= 4 is 29.6 Å². The van der Waals surface area contributed by atoms with Gasteiger partial charge in [-0.15, -0.1) is 13.2 Å². The number of Topliss-reactive ketones (excluding diaryl/α,β-unsaturated/α-hetero) is 1. The third kappa shape index (κ3) is 9.10. The predicted molar refractivity (Wildman–Crippen MR) is 132 cm³/mol. The number of rotatable bonds is 13. The van der Waals surface area contributed by atoms with Crippen LogP contribution < -0.4 is 10.1 Å². The largest absolute Gasteiger partial charge is 0.573 e. The van der Waals surface area contributed by atoms with Gasteiger partial charge in [-0.25, -0.2) is 14.4 Å². The van der Waals surface area contributed by atoms with Crippen molar-refractivity contribution in [3.8, 4) is 5.75 Å². The van der Waals surface area contributed by atoms with Crippen LogP contribution in [0.1, 0.15) is 53.5 Å². The van der Waals surface area contributed by atoms with Crippen LogP contribution in [-0.4, -0.2) is 61.3 Å². The van der Waals surface area contributed by atoms with E-state index in [0.29, 0.717) is 5.56 Å². The van der Waals surface area contributed by atoms with Crippen LogP contribution in [0.15, 0.2) is 48.5 Å². The number of amides is 1. The lowest BCUT2D eigenvalue weighted by atomic mass is 9.90. The van der Waals surface area contributed by atoms with E-state index in [-0.39, 0.29) is 37.2 Å². The van der Waals surface area contributed by atoms with E-state index in [1.54, 1.807) is 26.0 Å². The Morgan fingerprint density at radius 1 is 0.775 bits per heavy atom. The molecule has 0 radical (unpaired) electrons. The van der Waals surface area contributed by atoms with Gasteiger partial charge in [0.25, 0.3) is 0 Å². The number of benzene rings is 2. The van der Waals surface area contributed by atoms with E-state index in [2.05, 4.69) is 10.1 Å². The number of esters is 3. The highest BCUT2D eigenvalue weighted by molar-refractivity contribution is 6.07. The van der Waals surface area contributed by atoms with Crippen LogP contribution in [0.25, 0.3) is 0 Å². The van der Waals surface area contributed by atoms with Gasteiger partial charge < -0.3 is 24.3 Å². The first-order valence-electron chi connectivity index (χ1n) is 12.1. The number of carbonyl (C=O) groups is 5. The second-order valence-corrected chi connectivity index (χ2v) is 8.30. The molecule has 0 saturated heterocycles. The Kier molecular flexibility index (Phi) is 11.2. The summed E-state index contributed by atoms with van der Waals surface area (Å²) in [5.41, 5.74) is -1.34. The molecule has 10 nitrogen and oxygen atoms in total. The van der Waals surface area contributed by atoms with Crippen LogP contribution in [0.5, 0.6) is 5.75 Å². The van der Waals surface area contributed by atoms with Crippen molar-refractivity contribution < 1.29 is 56.1 Å². The number of halogens is 3. The van der Waals surface area contributed by atoms with Gasteiger partial charge in [0.1, 0.15) is 5.75 Å². The summed E-state index contributed by atoms with van der Waals surface area (Å²) in [4.78, 5) is 61.9. The average molecular weight is 568 g/mol. The number of alkyl halides is 3. The van der Waals surface area contributed by atoms with Gasteiger partial charge in [-0.3, -0.25) is 9.59 Å². The summed E-state index contributed by atoms with van der Waals surface area (Å²) >= 11 is 0. The molecular formula is C27H28F3NO9. The van der Waals surface area contributed by atoms with Crippen molar-refractivity contribution in [2.75, 3.05) is 19.8 Å². The van der Waals surface area contributed by atoms with E-state index in [9.17, 15) is 37.1 Å². The summed E-state index contributed by atoms with van der Waals surface area (Å²) in [5.74, 6) is -4.54. The summed E-state index contributed by atoms with van der Waals surface area (Å²) in [5, 5.41) is 2.37. The molecule has 2 rings (SSSR count). The minimum atomic E-state index is -4.87. The monoisotopic (exact) mass is 567 g/mol. The fourth-order valence-electron chi connectivity index (χ4n) is 3.54.